The van der Waals surface area contributed by atoms with Crippen molar-refractivity contribution in [2.24, 2.45) is 5.41 Å². The Balaban J connectivity index is 2.37. The van der Waals surface area contributed by atoms with Gasteiger partial charge in [0.15, 0.2) is 0 Å². The zero-order chi connectivity index (χ0) is 15.1. The summed E-state index contributed by atoms with van der Waals surface area (Å²) < 4.78 is 0. The van der Waals surface area contributed by atoms with E-state index in [1.54, 1.807) is 4.90 Å². The van der Waals surface area contributed by atoms with E-state index >= 15 is 0 Å². The van der Waals surface area contributed by atoms with Crippen LogP contribution in [-0.4, -0.2) is 28.8 Å². The Morgan fingerprint density at radius 1 is 1.40 bits per heavy atom. The summed E-state index contributed by atoms with van der Waals surface area (Å²) in [5, 5.41) is 10.9. The molecule has 0 unspecified atom stereocenters. The van der Waals surface area contributed by atoms with E-state index in [1.807, 2.05) is 0 Å². The summed E-state index contributed by atoms with van der Waals surface area (Å²) >= 11 is 11.9. The summed E-state index contributed by atoms with van der Waals surface area (Å²) in [6, 6.07) is 2.33. The van der Waals surface area contributed by atoms with Crippen LogP contribution < -0.4 is 0 Å². The molecule has 1 saturated heterocycles. The van der Waals surface area contributed by atoms with Crippen molar-refractivity contribution in [2.45, 2.75) is 20.3 Å². The molecule has 0 radical (unpaired) electrons. The quantitative estimate of drug-likeness (QED) is 0.616. The zero-order valence-electron chi connectivity index (χ0n) is 11.2. The first-order chi connectivity index (χ1) is 9.21. The number of halogens is 2. The second kappa shape index (κ2) is 5.22. The number of nitro benzene ring substituents is 1. The molecule has 0 saturated carbocycles. The molecule has 0 bridgehead atoms. The van der Waals surface area contributed by atoms with Gasteiger partial charge in [-0.3, -0.25) is 14.9 Å². The SMILES string of the molecule is CC1(C)CCN(C(=O)c2cc([N+](=O)[O-])cc(Cl)c2Cl)C1. The Kier molecular flexibility index (Phi) is 3.93. The van der Waals surface area contributed by atoms with Crippen molar-refractivity contribution in [1.82, 2.24) is 4.90 Å². The Bertz CT molecular complexity index is 587. The first-order valence-electron chi connectivity index (χ1n) is 6.14. The van der Waals surface area contributed by atoms with Gasteiger partial charge in [-0.2, -0.15) is 0 Å². The lowest BCUT2D eigenvalue weighted by Crippen LogP contribution is -2.30. The van der Waals surface area contributed by atoms with Crippen molar-refractivity contribution in [3.05, 3.63) is 37.9 Å². The predicted octanol–water partition coefficient (Wildman–Crippen LogP) is 3.77. The van der Waals surface area contributed by atoms with E-state index in [2.05, 4.69) is 13.8 Å². The average Bonchev–Trinajstić information content (AvgIpc) is 2.72. The standard InChI is InChI=1S/C13H14Cl2N2O3/c1-13(2)3-4-16(7-13)12(18)9-5-8(17(19)20)6-10(14)11(9)15/h5-6H,3-4,7H2,1-2H3. The number of hydrogen-bond acceptors (Lipinski definition) is 3. The molecule has 20 heavy (non-hydrogen) atoms. The van der Waals surface area contributed by atoms with E-state index in [0.717, 1.165) is 12.5 Å². The van der Waals surface area contributed by atoms with Crippen molar-refractivity contribution in [1.29, 1.82) is 0 Å². The second-order valence-corrected chi connectivity index (χ2v) is 6.47. The van der Waals surface area contributed by atoms with Gasteiger partial charge >= 0.3 is 0 Å². The number of carbonyl (C=O) groups is 1. The Morgan fingerprint density at radius 3 is 2.55 bits per heavy atom. The van der Waals surface area contributed by atoms with Crippen molar-refractivity contribution in [3.63, 3.8) is 0 Å². The number of carbonyl (C=O) groups excluding carboxylic acids is 1. The molecule has 5 nitrogen and oxygen atoms in total. The van der Waals surface area contributed by atoms with Crippen LogP contribution in [0.3, 0.4) is 0 Å². The van der Waals surface area contributed by atoms with Crippen LogP contribution in [0.4, 0.5) is 5.69 Å². The van der Waals surface area contributed by atoms with E-state index < -0.39 is 4.92 Å². The summed E-state index contributed by atoms with van der Waals surface area (Å²) in [5.41, 5.74) is -0.100. The zero-order valence-corrected chi connectivity index (χ0v) is 12.7. The second-order valence-electron chi connectivity index (χ2n) is 5.69. The van der Waals surface area contributed by atoms with Crippen LogP contribution in [0.25, 0.3) is 0 Å². The molecule has 2 rings (SSSR count). The van der Waals surface area contributed by atoms with Crippen LogP contribution in [0, 0.1) is 15.5 Å². The van der Waals surface area contributed by atoms with Crippen molar-refractivity contribution < 1.29 is 9.72 Å². The fourth-order valence-corrected chi connectivity index (χ4v) is 2.70. The molecule has 1 heterocycles. The smallest absolute Gasteiger partial charge is 0.271 e. The molecule has 0 aromatic heterocycles. The van der Waals surface area contributed by atoms with E-state index in [9.17, 15) is 14.9 Å². The Hall–Kier alpha value is -1.33. The molecule has 1 aliphatic heterocycles. The maximum Gasteiger partial charge on any atom is 0.271 e. The molecular weight excluding hydrogens is 303 g/mol. The number of rotatable bonds is 2. The predicted molar refractivity (Wildman–Crippen MR) is 77.4 cm³/mol. The topological polar surface area (TPSA) is 63.5 Å². The van der Waals surface area contributed by atoms with Crippen LogP contribution in [0.2, 0.25) is 10.0 Å². The van der Waals surface area contributed by atoms with E-state index in [4.69, 9.17) is 23.2 Å². The van der Waals surface area contributed by atoms with E-state index in [-0.39, 0.29) is 32.6 Å². The minimum absolute atomic E-state index is 0.0164. The van der Waals surface area contributed by atoms with E-state index in [0.29, 0.717) is 13.1 Å². The van der Waals surface area contributed by atoms with Gasteiger partial charge in [0.1, 0.15) is 0 Å². The van der Waals surface area contributed by atoms with Gasteiger partial charge in [-0.1, -0.05) is 37.0 Å². The van der Waals surface area contributed by atoms with Crippen LogP contribution in [0.5, 0.6) is 0 Å². The van der Waals surface area contributed by atoms with Gasteiger partial charge < -0.3 is 4.90 Å². The van der Waals surface area contributed by atoms with Gasteiger partial charge in [0.2, 0.25) is 0 Å². The third kappa shape index (κ3) is 2.88. The maximum absolute atomic E-state index is 12.4. The van der Waals surface area contributed by atoms with Gasteiger partial charge in [0.05, 0.1) is 20.5 Å². The third-order valence-electron chi connectivity index (χ3n) is 3.42. The molecule has 0 spiro atoms. The van der Waals surface area contributed by atoms with Crippen LogP contribution in [0.1, 0.15) is 30.6 Å². The fourth-order valence-electron chi connectivity index (χ4n) is 2.29. The highest BCUT2D eigenvalue weighted by Gasteiger charge is 2.34. The third-order valence-corrected chi connectivity index (χ3v) is 4.22. The molecule has 0 aliphatic carbocycles. The van der Waals surface area contributed by atoms with Crippen molar-refractivity contribution >= 4 is 34.8 Å². The number of likely N-dealkylation sites (tertiary alicyclic amines) is 1. The molecule has 108 valence electrons. The number of benzene rings is 1. The number of nitro groups is 1. The summed E-state index contributed by atoms with van der Waals surface area (Å²) in [4.78, 5) is 24.3. The Labute approximate surface area is 126 Å². The highest BCUT2D eigenvalue weighted by molar-refractivity contribution is 6.44. The largest absolute Gasteiger partial charge is 0.338 e. The molecule has 7 heteroatoms. The van der Waals surface area contributed by atoms with Gasteiger partial charge in [-0.25, -0.2) is 0 Å². The highest BCUT2D eigenvalue weighted by Crippen LogP contribution is 2.34. The minimum Gasteiger partial charge on any atom is -0.338 e. The maximum atomic E-state index is 12.4. The molecule has 0 N–H and O–H groups in total. The Morgan fingerprint density at radius 2 is 2.05 bits per heavy atom. The molecular formula is C13H14Cl2N2O3. The van der Waals surface area contributed by atoms with E-state index in [1.165, 1.54) is 6.07 Å². The number of hydrogen-bond donors (Lipinski definition) is 0. The average molecular weight is 317 g/mol. The molecule has 1 fully saturated rings. The van der Waals surface area contributed by atoms with Crippen LogP contribution >= 0.6 is 23.2 Å². The molecule has 1 amide bonds. The van der Waals surface area contributed by atoms with Crippen molar-refractivity contribution in [2.75, 3.05) is 13.1 Å². The molecule has 1 aromatic rings. The fraction of sp³-hybridized carbons (Fsp3) is 0.462. The lowest BCUT2D eigenvalue weighted by atomic mass is 9.93. The summed E-state index contributed by atoms with van der Waals surface area (Å²) in [6.45, 7) is 5.36. The van der Waals surface area contributed by atoms with Crippen LogP contribution in [-0.2, 0) is 0 Å². The first-order valence-corrected chi connectivity index (χ1v) is 6.89. The molecule has 1 aliphatic rings. The van der Waals surface area contributed by atoms with Crippen LogP contribution in [0.15, 0.2) is 12.1 Å². The first kappa shape index (κ1) is 15.1. The monoisotopic (exact) mass is 316 g/mol. The number of nitrogens with zero attached hydrogens (tertiary/aromatic N) is 2. The summed E-state index contributed by atoms with van der Waals surface area (Å²) in [7, 11) is 0. The number of non-ortho nitro benzene ring substituents is 1. The van der Waals surface area contributed by atoms with Gasteiger partial charge in [-0.05, 0) is 11.8 Å². The lowest BCUT2D eigenvalue weighted by molar-refractivity contribution is -0.384. The van der Waals surface area contributed by atoms with Crippen molar-refractivity contribution in [3.8, 4) is 0 Å². The molecule has 0 atom stereocenters. The minimum atomic E-state index is -0.590. The highest BCUT2D eigenvalue weighted by atomic mass is 35.5. The van der Waals surface area contributed by atoms with Gasteiger partial charge in [-0.15, -0.1) is 0 Å². The summed E-state index contributed by atoms with van der Waals surface area (Å²) in [5.74, 6) is -0.314. The van der Waals surface area contributed by atoms with Gasteiger partial charge in [0.25, 0.3) is 11.6 Å². The van der Waals surface area contributed by atoms with Gasteiger partial charge in [0, 0.05) is 25.2 Å². The number of amides is 1. The molecule has 1 aromatic carbocycles. The lowest BCUT2D eigenvalue weighted by Gasteiger charge is -2.20. The summed E-state index contributed by atoms with van der Waals surface area (Å²) in [6.07, 6.45) is 0.888. The normalized spacial score (nSPS) is 17.3.